The van der Waals surface area contributed by atoms with E-state index in [1.807, 2.05) is 0 Å². The summed E-state index contributed by atoms with van der Waals surface area (Å²) in [6, 6.07) is 0. The maximum Gasteiger partial charge on any atom is 0.332 e. The summed E-state index contributed by atoms with van der Waals surface area (Å²) in [4.78, 5) is 11.1. The van der Waals surface area contributed by atoms with Crippen LogP contribution in [0.25, 0.3) is 0 Å². The van der Waals surface area contributed by atoms with Crippen molar-refractivity contribution in [3.63, 3.8) is 0 Å². The molecule has 2 aliphatic carbocycles. The number of carbonyl (C=O) groups is 1. The Morgan fingerprint density at radius 1 is 1.20 bits per heavy atom. The molecule has 0 spiro atoms. The molecule has 0 saturated carbocycles. The molecule has 0 amide bonds. The van der Waals surface area contributed by atoms with Gasteiger partial charge in [0.25, 0.3) is 0 Å². The van der Waals surface area contributed by atoms with Crippen molar-refractivity contribution in [3.8, 4) is 23.7 Å². The van der Waals surface area contributed by atoms with Gasteiger partial charge < -0.3 is 5.11 Å². The highest BCUT2D eigenvalue weighted by atomic mass is 16.4. The maximum atomic E-state index is 11.1. The predicted octanol–water partition coefficient (Wildman–Crippen LogP) is 1.82. The van der Waals surface area contributed by atoms with Crippen molar-refractivity contribution in [2.24, 2.45) is 11.8 Å². The second-order valence-electron chi connectivity index (χ2n) is 3.81. The Morgan fingerprint density at radius 2 is 1.93 bits per heavy atom. The van der Waals surface area contributed by atoms with Crippen LogP contribution in [0.1, 0.15) is 25.7 Å². The smallest absolute Gasteiger partial charge is 0.332 e. The first-order valence-electron chi connectivity index (χ1n) is 5.19. The Bertz CT molecular complexity index is 423. The van der Waals surface area contributed by atoms with Gasteiger partial charge in [0.05, 0.1) is 5.92 Å². The lowest BCUT2D eigenvalue weighted by molar-refractivity contribution is -0.133. The second kappa shape index (κ2) is 4.24. The van der Waals surface area contributed by atoms with Gasteiger partial charge >= 0.3 is 5.97 Å². The fraction of sp³-hybridized carbons (Fsp3) is 0.462. The van der Waals surface area contributed by atoms with E-state index in [2.05, 4.69) is 23.7 Å². The van der Waals surface area contributed by atoms with Crippen LogP contribution in [-0.2, 0) is 4.79 Å². The molecule has 1 N–H and O–H groups in total. The van der Waals surface area contributed by atoms with Crippen LogP contribution in [0.2, 0.25) is 0 Å². The molecule has 0 aromatic heterocycles. The third-order valence-corrected chi connectivity index (χ3v) is 2.71. The fourth-order valence-corrected chi connectivity index (χ4v) is 1.90. The van der Waals surface area contributed by atoms with E-state index in [1.165, 1.54) is 0 Å². The summed E-state index contributed by atoms with van der Waals surface area (Å²) in [6.07, 6.45) is 5.23. The van der Waals surface area contributed by atoms with Crippen LogP contribution in [-0.4, -0.2) is 11.1 Å². The SMILES string of the molecule is O=C(O)C(=CC1C#CCC1)C1C#CCC1. The van der Waals surface area contributed by atoms with Crippen molar-refractivity contribution < 1.29 is 9.90 Å². The van der Waals surface area contributed by atoms with E-state index >= 15 is 0 Å². The summed E-state index contributed by atoms with van der Waals surface area (Å²) >= 11 is 0. The summed E-state index contributed by atoms with van der Waals surface area (Å²) in [5.74, 6) is 11.1. The lowest BCUT2D eigenvalue weighted by Gasteiger charge is -2.09. The van der Waals surface area contributed by atoms with Gasteiger partial charge in [0, 0.05) is 24.3 Å². The van der Waals surface area contributed by atoms with E-state index in [0.29, 0.717) is 5.57 Å². The van der Waals surface area contributed by atoms with Crippen LogP contribution in [0.3, 0.4) is 0 Å². The average Bonchev–Trinajstić information content (AvgIpc) is 2.87. The van der Waals surface area contributed by atoms with E-state index in [1.54, 1.807) is 6.08 Å². The van der Waals surface area contributed by atoms with Crippen LogP contribution in [0.15, 0.2) is 11.6 Å². The predicted molar refractivity (Wildman–Crippen MR) is 56.7 cm³/mol. The lowest BCUT2D eigenvalue weighted by atomic mass is 9.94. The summed E-state index contributed by atoms with van der Waals surface area (Å²) in [7, 11) is 0. The Hall–Kier alpha value is -1.67. The average molecular weight is 200 g/mol. The molecule has 2 atom stereocenters. The molecule has 2 heteroatoms. The zero-order valence-corrected chi connectivity index (χ0v) is 8.42. The van der Waals surface area contributed by atoms with Crippen molar-refractivity contribution in [1.82, 2.24) is 0 Å². The highest BCUT2D eigenvalue weighted by Crippen LogP contribution is 2.24. The molecule has 2 unspecified atom stereocenters. The first kappa shape index (κ1) is 9.87. The third kappa shape index (κ3) is 2.22. The van der Waals surface area contributed by atoms with Gasteiger partial charge in [0.2, 0.25) is 0 Å². The van der Waals surface area contributed by atoms with Crippen LogP contribution in [0.5, 0.6) is 0 Å². The van der Waals surface area contributed by atoms with Gasteiger partial charge in [-0.3, -0.25) is 0 Å². The number of hydrogen-bond acceptors (Lipinski definition) is 1. The Labute approximate surface area is 89.4 Å². The number of aliphatic carboxylic acids is 1. The monoisotopic (exact) mass is 200 g/mol. The van der Waals surface area contributed by atoms with Crippen molar-refractivity contribution in [1.29, 1.82) is 0 Å². The van der Waals surface area contributed by atoms with Crippen LogP contribution < -0.4 is 0 Å². The van der Waals surface area contributed by atoms with Gasteiger partial charge in [-0.05, 0) is 12.8 Å². The van der Waals surface area contributed by atoms with Gasteiger partial charge in [-0.2, -0.15) is 0 Å². The van der Waals surface area contributed by atoms with Gasteiger partial charge in [-0.1, -0.05) is 17.9 Å². The molecule has 0 heterocycles. The molecule has 0 aromatic rings. The topological polar surface area (TPSA) is 37.3 Å². The summed E-state index contributed by atoms with van der Waals surface area (Å²) < 4.78 is 0. The normalized spacial score (nSPS) is 27.9. The first-order valence-corrected chi connectivity index (χ1v) is 5.19. The Kier molecular flexibility index (Phi) is 2.79. The molecular formula is C13H12O2. The zero-order valence-electron chi connectivity index (χ0n) is 8.42. The number of carboxylic acids is 1. The van der Waals surface area contributed by atoms with Gasteiger partial charge in [-0.25, -0.2) is 4.79 Å². The Morgan fingerprint density at radius 3 is 2.47 bits per heavy atom. The molecule has 0 bridgehead atoms. The third-order valence-electron chi connectivity index (χ3n) is 2.71. The maximum absolute atomic E-state index is 11.1. The van der Waals surface area contributed by atoms with Crippen molar-refractivity contribution in [2.75, 3.05) is 0 Å². The van der Waals surface area contributed by atoms with E-state index in [-0.39, 0.29) is 11.8 Å². The molecular weight excluding hydrogens is 188 g/mol. The fourth-order valence-electron chi connectivity index (χ4n) is 1.90. The van der Waals surface area contributed by atoms with Crippen LogP contribution >= 0.6 is 0 Å². The standard InChI is InChI=1S/C13H12O2/c14-13(15)12(11-7-3-4-8-11)9-10-5-1-2-6-10/h9-11H,1,3,5,7H2,(H,14,15). The minimum Gasteiger partial charge on any atom is -0.478 e. The van der Waals surface area contributed by atoms with Crippen molar-refractivity contribution in [3.05, 3.63) is 11.6 Å². The highest BCUT2D eigenvalue weighted by Gasteiger charge is 2.22. The summed E-state index contributed by atoms with van der Waals surface area (Å²) in [5.41, 5.74) is 0.446. The Balaban J connectivity index is 2.17. The molecule has 76 valence electrons. The lowest BCUT2D eigenvalue weighted by Crippen LogP contribution is -2.11. The van der Waals surface area contributed by atoms with E-state index in [0.717, 1.165) is 25.7 Å². The first-order chi connectivity index (χ1) is 7.27. The number of hydrogen-bond donors (Lipinski definition) is 1. The van der Waals surface area contributed by atoms with Crippen molar-refractivity contribution >= 4 is 5.97 Å². The van der Waals surface area contributed by atoms with E-state index in [9.17, 15) is 4.79 Å². The molecule has 2 rings (SSSR count). The van der Waals surface area contributed by atoms with Gasteiger partial charge in [0.1, 0.15) is 0 Å². The van der Waals surface area contributed by atoms with Crippen LogP contribution in [0, 0.1) is 35.5 Å². The molecule has 0 aliphatic heterocycles. The van der Waals surface area contributed by atoms with Gasteiger partial charge in [-0.15, -0.1) is 11.8 Å². The van der Waals surface area contributed by atoms with E-state index < -0.39 is 5.97 Å². The minimum atomic E-state index is -0.843. The second-order valence-corrected chi connectivity index (χ2v) is 3.81. The number of carboxylic acid groups (broad SMARTS) is 1. The van der Waals surface area contributed by atoms with E-state index in [4.69, 9.17) is 5.11 Å². The number of allylic oxidation sites excluding steroid dienone is 1. The molecule has 2 nitrogen and oxygen atoms in total. The van der Waals surface area contributed by atoms with Gasteiger partial charge in [0.15, 0.2) is 0 Å². The molecule has 0 saturated heterocycles. The van der Waals surface area contributed by atoms with Crippen molar-refractivity contribution in [2.45, 2.75) is 25.7 Å². The molecule has 0 radical (unpaired) electrons. The summed E-state index contributed by atoms with van der Waals surface area (Å²) in [5, 5.41) is 9.11. The zero-order chi connectivity index (χ0) is 10.7. The van der Waals surface area contributed by atoms with Crippen LogP contribution in [0.4, 0.5) is 0 Å². The quantitative estimate of drug-likeness (QED) is 0.557. The molecule has 2 aliphatic rings. The largest absolute Gasteiger partial charge is 0.478 e. The number of rotatable bonds is 3. The minimum absolute atomic E-state index is 0.0788. The molecule has 0 aromatic carbocycles. The molecule has 0 fully saturated rings. The molecule has 15 heavy (non-hydrogen) atoms. The highest BCUT2D eigenvalue weighted by molar-refractivity contribution is 5.88. The summed E-state index contributed by atoms with van der Waals surface area (Å²) in [6.45, 7) is 0.